The summed E-state index contributed by atoms with van der Waals surface area (Å²) in [6.07, 6.45) is -3.04. The number of benzene rings is 1. The Morgan fingerprint density at radius 1 is 1.13 bits per heavy atom. The summed E-state index contributed by atoms with van der Waals surface area (Å²) in [5.41, 5.74) is 1.78. The fourth-order valence-corrected chi connectivity index (χ4v) is 1.96. The van der Waals surface area contributed by atoms with Crippen LogP contribution in [-0.4, -0.2) is 22.8 Å². The molecule has 1 N–H and O–H groups in total. The van der Waals surface area contributed by atoms with Crippen molar-refractivity contribution in [3.05, 3.63) is 48.2 Å². The van der Waals surface area contributed by atoms with Gasteiger partial charge < -0.3 is 14.5 Å². The lowest BCUT2D eigenvalue weighted by Crippen LogP contribution is -2.20. The average molecular weight is 323 g/mol. The Morgan fingerprint density at radius 2 is 1.96 bits per heavy atom. The number of alkyl halides is 3. The fourth-order valence-electron chi connectivity index (χ4n) is 1.96. The second-order valence-corrected chi connectivity index (χ2v) is 4.71. The van der Waals surface area contributed by atoms with Crippen molar-refractivity contribution in [1.82, 2.24) is 9.97 Å². The molecule has 2 heterocycles. The largest absolute Gasteiger partial charge is 0.468 e. The molecular formula is C15H12F3N3O2. The summed E-state index contributed by atoms with van der Waals surface area (Å²) in [5, 5.41) is 2.91. The summed E-state index contributed by atoms with van der Waals surface area (Å²) in [4.78, 5) is 8.05. The smallest absolute Gasteiger partial charge is 0.422 e. The number of nitrogens with one attached hydrogen (secondary N) is 1. The fraction of sp³-hybridized carbons (Fsp3) is 0.200. The molecule has 0 spiro atoms. The van der Waals surface area contributed by atoms with E-state index in [-0.39, 0.29) is 18.4 Å². The van der Waals surface area contributed by atoms with Crippen LogP contribution < -0.4 is 10.1 Å². The number of hydrogen-bond donors (Lipinski definition) is 1. The molecule has 1 aromatic carbocycles. The zero-order chi connectivity index (χ0) is 16.3. The van der Waals surface area contributed by atoms with E-state index in [1.165, 1.54) is 6.20 Å². The maximum absolute atomic E-state index is 12.2. The molecule has 0 unspecified atom stereocenters. The third-order valence-corrected chi connectivity index (χ3v) is 2.95. The van der Waals surface area contributed by atoms with Crippen LogP contribution in [0.2, 0.25) is 0 Å². The van der Waals surface area contributed by atoms with E-state index in [1.54, 1.807) is 24.3 Å². The van der Waals surface area contributed by atoms with Gasteiger partial charge in [0.2, 0.25) is 5.88 Å². The van der Waals surface area contributed by atoms with Gasteiger partial charge in [-0.3, -0.25) is 0 Å². The van der Waals surface area contributed by atoms with Gasteiger partial charge in [0.25, 0.3) is 6.01 Å². The Labute approximate surface area is 129 Å². The highest BCUT2D eigenvalue weighted by Crippen LogP contribution is 2.22. The van der Waals surface area contributed by atoms with Crippen LogP contribution in [0.15, 0.2) is 47.0 Å². The average Bonchev–Trinajstić information content (AvgIpc) is 2.94. The molecule has 0 amide bonds. The van der Waals surface area contributed by atoms with E-state index >= 15 is 0 Å². The maximum atomic E-state index is 12.2. The SMILES string of the molecule is FC(F)(F)COc1ncccc1CNc1nc2ccccc2o1. The highest BCUT2D eigenvalue weighted by atomic mass is 19.4. The van der Waals surface area contributed by atoms with Crippen molar-refractivity contribution in [3.63, 3.8) is 0 Å². The minimum atomic E-state index is -4.41. The van der Waals surface area contributed by atoms with Gasteiger partial charge in [0, 0.05) is 18.3 Å². The summed E-state index contributed by atoms with van der Waals surface area (Å²) in [5.74, 6) is -0.0755. The lowest BCUT2D eigenvalue weighted by molar-refractivity contribution is -0.154. The number of fused-ring (bicyclic) bond motifs is 1. The first-order valence-electron chi connectivity index (χ1n) is 6.74. The van der Waals surface area contributed by atoms with E-state index in [0.717, 1.165) is 0 Å². The van der Waals surface area contributed by atoms with Gasteiger partial charge in [-0.15, -0.1) is 0 Å². The van der Waals surface area contributed by atoms with Gasteiger partial charge in [-0.2, -0.15) is 18.2 Å². The van der Waals surface area contributed by atoms with E-state index in [2.05, 4.69) is 15.3 Å². The van der Waals surface area contributed by atoms with Gasteiger partial charge in [-0.25, -0.2) is 4.98 Å². The predicted molar refractivity (Wildman–Crippen MR) is 77.1 cm³/mol. The van der Waals surface area contributed by atoms with Crippen molar-refractivity contribution >= 4 is 17.1 Å². The molecule has 0 radical (unpaired) electrons. The van der Waals surface area contributed by atoms with Gasteiger partial charge in [-0.1, -0.05) is 18.2 Å². The van der Waals surface area contributed by atoms with Crippen molar-refractivity contribution < 1.29 is 22.3 Å². The summed E-state index contributed by atoms with van der Waals surface area (Å²) < 4.78 is 46.9. The van der Waals surface area contributed by atoms with Crippen LogP contribution in [0, 0.1) is 0 Å². The Balaban J connectivity index is 1.70. The van der Waals surface area contributed by atoms with Gasteiger partial charge >= 0.3 is 6.18 Å². The van der Waals surface area contributed by atoms with Crippen LogP contribution in [0.1, 0.15) is 5.56 Å². The highest BCUT2D eigenvalue weighted by molar-refractivity contribution is 5.74. The van der Waals surface area contributed by atoms with Crippen molar-refractivity contribution in [2.45, 2.75) is 12.7 Å². The molecule has 0 aliphatic heterocycles. The number of hydrogen-bond acceptors (Lipinski definition) is 5. The van der Waals surface area contributed by atoms with Crippen molar-refractivity contribution in [2.24, 2.45) is 0 Å². The Morgan fingerprint density at radius 3 is 2.74 bits per heavy atom. The van der Waals surface area contributed by atoms with Crippen molar-refractivity contribution in [3.8, 4) is 5.88 Å². The minimum absolute atomic E-state index is 0.0755. The summed E-state index contributed by atoms with van der Waals surface area (Å²) in [6.45, 7) is -1.21. The first-order valence-corrected chi connectivity index (χ1v) is 6.74. The van der Waals surface area contributed by atoms with Crippen LogP contribution in [-0.2, 0) is 6.54 Å². The molecule has 0 aliphatic carbocycles. The lowest BCUT2D eigenvalue weighted by atomic mass is 10.2. The van der Waals surface area contributed by atoms with Crippen LogP contribution >= 0.6 is 0 Å². The van der Waals surface area contributed by atoms with E-state index in [4.69, 9.17) is 9.15 Å². The zero-order valence-electron chi connectivity index (χ0n) is 11.8. The molecule has 3 rings (SSSR count). The number of nitrogens with zero attached hydrogens (tertiary/aromatic N) is 2. The van der Waals surface area contributed by atoms with E-state index in [0.29, 0.717) is 16.7 Å². The van der Waals surface area contributed by atoms with Gasteiger partial charge in [-0.05, 0) is 18.2 Å². The quantitative estimate of drug-likeness (QED) is 0.774. The summed E-state index contributed by atoms with van der Waals surface area (Å²) in [6, 6.07) is 10.7. The number of oxazole rings is 1. The molecule has 5 nitrogen and oxygen atoms in total. The number of para-hydroxylation sites is 2. The van der Waals surface area contributed by atoms with E-state index < -0.39 is 12.8 Å². The first kappa shape index (κ1) is 15.1. The van der Waals surface area contributed by atoms with Gasteiger partial charge in [0.15, 0.2) is 12.2 Å². The van der Waals surface area contributed by atoms with Crippen LogP contribution in [0.3, 0.4) is 0 Å². The standard InChI is InChI=1S/C15H12F3N3O2/c16-15(17,18)9-22-13-10(4-3-7-19-13)8-20-14-21-11-5-1-2-6-12(11)23-14/h1-7H,8-9H2,(H,20,21). The molecule has 0 aliphatic rings. The molecule has 0 fully saturated rings. The highest BCUT2D eigenvalue weighted by Gasteiger charge is 2.29. The van der Waals surface area contributed by atoms with Crippen LogP contribution in [0.25, 0.3) is 11.1 Å². The second kappa shape index (κ2) is 6.15. The molecule has 3 aromatic rings. The molecule has 0 bridgehead atoms. The molecular weight excluding hydrogens is 311 g/mol. The molecule has 0 saturated heterocycles. The lowest BCUT2D eigenvalue weighted by Gasteiger charge is -2.11. The normalized spacial score (nSPS) is 11.6. The van der Waals surface area contributed by atoms with Crippen LogP contribution in [0.5, 0.6) is 5.88 Å². The van der Waals surface area contributed by atoms with Gasteiger partial charge in [0.1, 0.15) is 5.52 Å². The van der Waals surface area contributed by atoms with Gasteiger partial charge in [0.05, 0.1) is 0 Å². The maximum Gasteiger partial charge on any atom is 0.422 e. The molecule has 23 heavy (non-hydrogen) atoms. The monoisotopic (exact) mass is 323 g/mol. The van der Waals surface area contributed by atoms with Crippen molar-refractivity contribution in [2.75, 3.05) is 11.9 Å². The molecule has 2 aromatic heterocycles. The first-order chi connectivity index (χ1) is 11.0. The zero-order valence-corrected chi connectivity index (χ0v) is 11.8. The van der Waals surface area contributed by atoms with E-state index in [9.17, 15) is 13.2 Å². The molecule has 120 valence electrons. The number of ether oxygens (including phenoxy) is 1. The minimum Gasteiger partial charge on any atom is -0.468 e. The van der Waals surface area contributed by atoms with E-state index in [1.807, 2.05) is 12.1 Å². The molecule has 8 heteroatoms. The number of aromatic nitrogens is 2. The Bertz CT molecular complexity index is 769. The summed E-state index contributed by atoms with van der Waals surface area (Å²) >= 11 is 0. The molecule has 0 atom stereocenters. The number of rotatable bonds is 5. The number of anilines is 1. The molecule has 0 saturated carbocycles. The second-order valence-electron chi connectivity index (χ2n) is 4.71. The van der Waals surface area contributed by atoms with Crippen LogP contribution in [0.4, 0.5) is 19.2 Å². The third-order valence-electron chi connectivity index (χ3n) is 2.95. The number of halogens is 3. The Hall–Kier alpha value is -2.77. The summed E-state index contributed by atoms with van der Waals surface area (Å²) in [7, 11) is 0. The topological polar surface area (TPSA) is 60.2 Å². The van der Waals surface area contributed by atoms with Crippen molar-refractivity contribution in [1.29, 1.82) is 0 Å². The third kappa shape index (κ3) is 3.91. The number of pyridine rings is 1. The predicted octanol–water partition coefficient (Wildman–Crippen LogP) is 3.78. The Kier molecular flexibility index (Phi) is 4.05.